The van der Waals surface area contributed by atoms with Crippen LogP contribution in [0.2, 0.25) is 0 Å². The van der Waals surface area contributed by atoms with Crippen molar-refractivity contribution in [3.63, 3.8) is 0 Å². The van der Waals surface area contributed by atoms with Gasteiger partial charge < -0.3 is 10.2 Å². The Morgan fingerprint density at radius 3 is 2.44 bits per heavy atom. The first kappa shape index (κ1) is 22.8. The van der Waals surface area contributed by atoms with Crippen LogP contribution in [0.1, 0.15) is 46.5 Å². The van der Waals surface area contributed by atoms with E-state index in [9.17, 15) is 9.59 Å². The van der Waals surface area contributed by atoms with Crippen molar-refractivity contribution in [1.82, 2.24) is 15.2 Å². The Morgan fingerprint density at radius 1 is 1.00 bits per heavy atom. The zero-order chi connectivity index (χ0) is 22.9. The van der Waals surface area contributed by atoms with Gasteiger partial charge in [0.1, 0.15) is 0 Å². The lowest BCUT2D eigenvalue weighted by atomic mass is 10.0. The van der Waals surface area contributed by atoms with Crippen molar-refractivity contribution in [2.24, 2.45) is 0 Å². The largest absolute Gasteiger partial charge is 0.354 e. The van der Waals surface area contributed by atoms with E-state index >= 15 is 0 Å². The molecule has 1 N–H and O–H groups in total. The third-order valence-electron chi connectivity index (χ3n) is 4.90. The van der Waals surface area contributed by atoms with Crippen molar-refractivity contribution in [3.8, 4) is 11.8 Å². The van der Waals surface area contributed by atoms with Crippen LogP contribution in [0, 0.1) is 11.8 Å². The zero-order valence-corrected chi connectivity index (χ0v) is 18.6. The molecule has 0 saturated heterocycles. The van der Waals surface area contributed by atoms with E-state index in [2.05, 4.69) is 22.1 Å². The summed E-state index contributed by atoms with van der Waals surface area (Å²) in [4.78, 5) is 29.7. The molecule has 0 saturated carbocycles. The van der Waals surface area contributed by atoms with E-state index in [1.54, 1.807) is 30.4 Å². The van der Waals surface area contributed by atoms with E-state index in [0.717, 1.165) is 28.7 Å². The zero-order valence-electron chi connectivity index (χ0n) is 18.6. The molecule has 2 aromatic carbocycles. The first-order valence-electron chi connectivity index (χ1n) is 10.5. The molecule has 2 amide bonds. The Labute approximate surface area is 189 Å². The monoisotopic (exact) mass is 425 g/mol. The summed E-state index contributed by atoms with van der Waals surface area (Å²) in [5, 5.41) is 2.89. The summed E-state index contributed by atoms with van der Waals surface area (Å²) in [7, 11) is 1.78. The van der Waals surface area contributed by atoms with E-state index < -0.39 is 0 Å². The lowest BCUT2D eigenvalue weighted by molar-refractivity contribution is -0.119. The van der Waals surface area contributed by atoms with E-state index in [4.69, 9.17) is 0 Å². The van der Waals surface area contributed by atoms with Crippen LogP contribution in [-0.2, 0) is 17.8 Å². The molecule has 1 atom stereocenters. The van der Waals surface area contributed by atoms with Gasteiger partial charge in [-0.25, -0.2) is 0 Å². The van der Waals surface area contributed by atoms with Gasteiger partial charge in [0.25, 0.3) is 5.91 Å². The molecule has 1 aromatic heterocycles. The number of nitrogens with zero attached hydrogens (tertiary/aromatic N) is 2. The number of aromatic nitrogens is 1. The van der Waals surface area contributed by atoms with Crippen molar-refractivity contribution >= 4 is 11.8 Å². The van der Waals surface area contributed by atoms with Crippen LogP contribution in [0.15, 0.2) is 73.1 Å². The van der Waals surface area contributed by atoms with Crippen LogP contribution < -0.4 is 5.32 Å². The standard InChI is InChI=1S/C27H27N3O2/c1-20(29-21(2)31)16-24-13-10-22(11-14-24)9-12-23-6-4-8-26(17-23)27(32)30(3)19-25-7-5-15-28-18-25/h4-8,10-11,13-15,17-18,20H,16,19H2,1-3H3,(H,29,31). The molecular formula is C27H27N3O2. The summed E-state index contributed by atoms with van der Waals surface area (Å²) in [5.41, 5.74) is 4.40. The molecule has 0 radical (unpaired) electrons. The molecule has 1 unspecified atom stereocenters. The van der Waals surface area contributed by atoms with Crippen LogP contribution in [0.3, 0.4) is 0 Å². The molecule has 3 aromatic rings. The lowest BCUT2D eigenvalue weighted by Gasteiger charge is -2.17. The number of benzene rings is 2. The number of amides is 2. The number of carbonyl (C=O) groups excluding carboxylic acids is 2. The van der Waals surface area contributed by atoms with Crippen LogP contribution in [-0.4, -0.2) is 34.8 Å². The normalized spacial score (nSPS) is 11.1. The molecule has 0 aliphatic carbocycles. The molecule has 0 bridgehead atoms. The maximum Gasteiger partial charge on any atom is 0.253 e. The minimum atomic E-state index is -0.0600. The highest BCUT2D eigenvalue weighted by Crippen LogP contribution is 2.11. The molecule has 162 valence electrons. The summed E-state index contributed by atoms with van der Waals surface area (Å²) in [5.74, 6) is 6.22. The van der Waals surface area contributed by atoms with Crippen molar-refractivity contribution in [2.75, 3.05) is 7.05 Å². The summed E-state index contributed by atoms with van der Waals surface area (Å²) >= 11 is 0. The second kappa shape index (κ2) is 10.9. The highest BCUT2D eigenvalue weighted by atomic mass is 16.2. The number of carbonyl (C=O) groups is 2. The number of nitrogens with one attached hydrogen (secondary N) is 1. The summed E-state index contributed by atoms with van der Waals surface area (Å²) in [6.07, 6.45) is 4.24. The molecule has 3 rings (SSSR count). The van der Waals surface area contributed by atoms with Crippen molar-refractivity contribution < 1.29 is 9.59 Å². The smallest absolute Gasteiger partial charge is 0.253 e. The quantitative estimate of drug-likeness (QED) is 0.611. The van der Waals surface area contributed by atoms with Crippen LogP contribution in [0.25, 0.3) is 0 Å². The van der Waals surface area contributed by atoms with Gasteiger partial charge in [0.15, 0.2) is 0 Å². The highest BCUT2D eigenvalue weighted by molar-refractivity contribution is 5.94. The molecule has 5 heteroatoms. The van der Waals surface area contributed by atoms with Crippen molar-refractivity contribution in [1.29, 1.82) is 0 Å². The number of hydrogen-bond acceptors (Lipinski definition) is 3. The highest BCUT2D eigenvalue weighted by Gasteiger charge is 2.12. The minimum absolute atomic E-state index is 0.0241. The Kier molecular flexibility index (Phi) is 7.77. The number of hydrogen-bond donors (Lipinski definition) is 1. The molecule has 32 heavy (non-hydrogen) atoms. The van der Waals surface area contributed by atoms with Crippen molar-refractivity contribution in [3.05, 3.63) is 101 Å². The average Bonchev–Trinajstić information content (AvgIpc) is 2.78. The third-order valence-corrected chi connectivity index (χ3v) is 4.90. The fourth-order valence-electron chi connectivity index (χ4n) is 3.41. The van der Waals surface area contributed by atoms with Gasteiger partial charge in [-0.3, -0.25) is 14.6 Å². The molecule has 0 aliphatic rings. The van der Waals surface area contributed by atoms with Gasteiger partial charge >= 0.3 is 0 Å². The Bertz CT molecular complexity index is 1130. The van der Waals surface area contributed by atoms with Gasteiger partial charge in [0, 0.05) is 55.6 Å². The first-order chi connectivity index (χ1) is 15.4. The first-order valence-corrected chi connectivity index (χ1v) is 10.5. The van der Waals surface area contributed by atoms with Crippen LogP contribution in [0.4, 0.5) is 0 Å². The van der Waals surface area contributed by atoms with E-state index in [-0.39, 0.29) is 17.9 Å². The SMILES string of the molecule is CC(=O)NC(C)Cc1ccc(C#Cc2cccc(C(=O)N(C)Cc3cccnc3)c2)cc1. The predicted octanol–water partition coefficient (Wildman–Crippen LogP) is 3.82. The topological polar surface area (TPSA) is 62.3 Å². The molecule has 0 aliphatic heterocycles. The number of pyridine rings is 1. The van der Waals surface area contributed by atoms with E-state index in [1.807, 2.05) is 61.5 Å². The van der Waals surface area contributed by atoms with Gasteiger partial charge in [-0.15, -0.1) is 0 Å². The average molecular weight is 426 g/mol. The summed E-state index contributed by atoms with van der Waals surface area (Å²) in [6, 6.07) is 19.3. The van der Waals surface area contributed by atoms with Gasteiger partial charge in [-0.2, -0.15) is 0 Å². The van der Waals surface area contributed by atoms with E-state index in [0.29, 0.717) is 12.1 Å². The van der Waals surface area contributed by atoms with Gasteiger partial charge in [-0.05, 0) is 60.9 Å². The minimum Gasteiger partial charge on any atom is -0.354 e. The molecule has 5 nitrogen and oxygen atoms in total. The van der Waals surface area contributed by atoms with Crippen LogP contribution >= 0.6 is 0 Å². The maximum atomic E-state index is 12.8. The Morgan fingerprint density at radius 2 is 1.75 bits per heavy atom. The second-order valence-corrected chi connectivity index (χ2v) is 7.86. The third kappa shape index (κ3) is 6.82. The lowest BCUT2D eigenvalue weighted by Crippen LogP contribution is -2.31. The van der Waals surface area contributed by atoms with Gasteiger partial charge in [0.2, 0.25) is 5.91 Å². The summed E-state index contributed by atoms with van der Waals surface area (Å²) in [6.45, 7) is 4.00. The van der Waals surface area contributed by atoms with Crippen molar-refractivity contribution in [2.45, 2.75) is 32.9 Å². The second-order valence-electron chi connectivity index (χ2n) is 7.86. The summed E-state index contributed by atoms with van der Waals surface area (Å²) < 4.78 is 0. The number of rotatable bonds is 6. The van der Waals surface area contributed by atoms with Crippen LogP contribution in [0.5, 0.6) is 0 Å². The van der Waals surface area contributed by atoms with Gasteiger partial charge in [0.05, 0.1) is 0 Å². The molecule has 1 heterocycles. The Hall–Kier alpha value is -3.91. The molecule has 0 fully saturated rings. The fourth-order valence-corrected chi connectivity index (χ4v) is 3.41. The predicted molar refractivity (Wildman–Crippen MR) is 126 cm³/mol. The maximum absolute atomic E-state index is 12.8. The molecular weight excluding hydrogens is 398 g/mol. The Balaban J connectivity index is 1.65. The van der Waals surface area contributed by atoms with E-state index in [1.165, 1.54) is 6.92 Å². The fraction of sp³-hybridized carbons (Fsp3) is 0.222. The molecule has 0 spiro atoms. The van der Waals surface area contributed by atoms with Gasteiger partial charge in [-0.1, -0.05) is 36.1 Å².